The number of pyridine rings is 1. The smallest absolute Gasteiger partial charge is 0.228 e. The molecule has 4 heterocycles. The molecule has 2 aliphatic heterocycles. The van der Waals surface area contributed by atoms with Crippen LogP contribution < -0.4 is 9.80 Å². The number of hydrogen-bond donors (Lipinski definition) is 0. The van der Waals surface area contributed by atoms with E-state index in [-0.39, 0.29) is 24.2 Å². The molecule has 0 bridgehead atoms. The minimum absolute atomic E-state index is 0.00938. The third-order valence-electron chi connectivity index (χ3n) is 6.23. The predicted molar refractivity (Wildman–Crippen MR) is 123 cm³/mol. The molecule has 2 fully saturated rings. The molecule has 2 aromatic heterocycles. The van der Waals surface area contributed by atoms with E-state index in [1.54, 1.807) is 11.1 Å². The van der Waals surface area contributed by atoms with Crippen LogP contribution in [-0.4, -0.2) is 64.6 Å². The zero-order chi connectivity index (χ0) is 22.8. The lowest BCUT2D eigenvalue weighted by Crippen LogP contribution is -2.51. The molecule has 1 atom stereocenters. The Bertz CT molecular complexity index is 1120. The largest absolute Gasteiger partial charge is 0.353 e. The van der Waals surface area contributed by atoms with Gasteiger partial charge in [-0.25, -0.2) is 4.98 Å². The van der Waals surface area contributed by atoms with Gasteiger partial charge in [0.25, 0.3) is 0 Å². The Morgan fingerprint density at radius 2 is 1.88 bits per heavy atom. The van der Waals surface area contributed by atoms with E-state index in [2.05, 4.69) is 20.0 Å². The number of amides is 2. The Hall–Kier alpha value is -3.75. The number of piperazine rings is 1. The van der Waals surface area contributed by atoms with Gasteiger partial charge in [0.1, 0.15) is 5.82 Å². The molecule has 0 saturated carbocycles. The van der Waals surface area contributed by atoms with Crippen molar-refractivity contribution in [3.05, 3.63) is 54.6 Å². The average Bonchev–Trinajstić information content (AvgIpc) is 3.51. The number of carbonyl (C=O) groups excluding carboxylic acids is 2. The first kappa shape index (κ1) is 21.1. The summed E-state index contributed by atoms with van der Waals surface area (Å²) >= 11 is 0. The van der Waals surface area contributed by atoms with Crippen molar-refractivity contribution < 1.29 is 14.1 Å². The van der Waals surface area contributed by atoms with Crippen LogP contribution in [0.4, 0.5) is 11.5 Å². The number of carbonyl (C=O) groups is 2. The molecule has 3 aromatic rings. The number of aryl methyl sites for hydroxylation is 1. The zero-order valence-corrected chi connectivity index (χ0v) is 18.6. The highest BCUT2D eigenvalue weighted by atomic mass is 16.5. The Kier molecular flexibility index (Phi) is 5.77. The summed E-state index contributed by atoms with van der Waals surface area (Å²) in [6.07, 6.45) is 2.72. The van der Waals surface area contributed by atoms with Crippen LogP contribution in [0, 0.1) is 5.92 Å². The van der Waals surface area contributed by atoms with Gasteiger partial charge in [-0.15, -0.1) is 0 Å². The van der Waals surface area contributed by atoms with Gasteiger partial charge in [-0.3, -0.25) is 9.59 Å². The van der Waals surface area contributed by atoms with Crippen molar-refractivity contribution in [3.8, 4) is 11.4 Å². The summed E-state index contributed by atoms with van der Waals surface area (Å²) in [5.74, 6) is 1.78. The van der Waals surface area contributed by atoms with E-state index in [4.69, 9.17) is 4.52 Å². The minimum atomic E-state index is -0.287. The highest BCUT2D eigenvalue weighted by molar-refractivity contribution is 6.00. The molecule has 1 aromatic carbocycles. The van der Waals surface area contributed by atoms with Gasteiger partial charge < -0.3 is 19.2 Å². The highest BCUT2D eigenvalue weighted by Crippen LogP contribution is 2.27. The summed E-state index contributed by atoms with van der Waals surface area (Å²) in [6.45, 7) is 5.03. The molecule has 1 unspecified atom stereocenters. The van der Waals surface area contributed by atoms with Gasteiger partial charge >= 0.3 is 0 Å². The first-order valence-electron chi connectivity index (χ1n) is 11.3. The normalized spacial score (nSPS) is 18.8. The summed E-state index contributed by atoms with van der Waals surface area (Å²) in [5.41, 5.74) is 1.66. The van der Waals surface area contributed by atoms with Crippen LogP contribution in [0.25, 0.3) is 11.4 Å². The third kappa shape index (κ3) is 4.30. The van der Waals surface area contributed by atoms with Gasteiger partial charge in [0.05, 0.1) is 5.92 Å². The van der Waals surface area contributed by atoms with E-state index in [0.29, 0.717) is 50.9 Å². The van der Waals surface area contributed by atoms with E-state index in [0.717, 1.165) is 17.1 Å². The van der Waals surface area contributed by atoms with Gasteiger partial charge in [-0.05, 0) is 24.3 Å². The molecule has 9 heteroatoms. The fraction of sp³-hybridized carbons (Fsp3) is 0.375. The molecule has 170 valence electrons. The molecule has 2 aliphatic rings. The Morgan fingerprint density at radius 3 is 2.55 bits per heavy atom. The van der Waals surface area contributed by atoms with Crippen molar-refractivity contribution in [1.29, 1.82) is 0 Å². The second-order valence-electron chi connectivity index (χ2n) is 8.32. The monoisotopic (exact) mass is 446 g/mol. The fourth-order valence-electron chi connectivity index (χ4n) is 4.37. The zero-order valence-electron chi connectivity index (χ0n) is 18.6. The minimum Gasteiger partial charge on any atom is -0.353 e. The molecule has 0 N–H and O–H groups in total. The lowest BCUT2D eigenvalue weighted by molar-refractivity contribution is -0.136. The Morgan fingerprint density at radius 1 is 1.09 bits per heavy atom. The number of rotatable bonds is 5. The summed E-state index contributed by atoms with van der Waals surface area (Å²) in [5, 5.41) is 3.99. The molecule has 5 rings (SSSR count). The molecule has 0 radical (unpaired) electrons. The fourth-order valence-corrected chi connectivity index (χ4v) is 4.37. The van der Waals surface area contributed by atoms with Crippen molar-refractivity contribution in [2.75, 3.05) is 42.5 Å². The van der Waals surface area contributed by atoms with Crippen molar-refractivity contribution >= 4 is 23.3 Å². The topological polar surface area (TPSA) is 95.7 Å². The number of aromatic nitrogens is 3. The first-order valence-corrected chi connectivity index (χ1v) is 11.3. The van der Waals surface area contributed by atoms with E-state index in [1.807, 2.05) is 54.3 Å². The van der Waals surface area contributed by atoms with Crippen LogP contribution >= 0.6 is 0 Å². The molecule has 2 saturated heterocycles. The number of para-hydroxylation sites is 1. The molecule has 0 spiro atoms. The van der Waals surface area contributed by atoms with Crippen LogP contribution in [0.1, 0.15) is 19.2 Å². The lowest BCUT2D eigenvalue weighted by Gasteiger charge is -2.36. The second kappa shape index (κ2) is 9.01. The summed E-state index contributed by atoms with van der Waals surface area (Å²) < 4.78 is 5.17. The third-order valence-corrected chi connectivity index (χ3v) is 6.23. The first-order chi connectivity index (χ1) is 16.1. The SMILES string of the molecule is CCc1nc(-c2ccc(N3CCN(C(=O)C4CC(=O)N(c5ccccc5)C4)CC3)nc2)no1. The predicted octanol–water partition coefficient (Wildman–Crippen LogP) is 2.40. The van der Waals surface area contributed by atoms with Crippen molar-refractivity contribution in [1.82, 2.24) is 20.0 Å². The van der Waals surface area contributed by atoms with Crippen LogP contribution in [0.5, 0.6) is 0 Å². The summed E-state index contributed by atoms with van der Waals surface area (Å²) in [7, 11) is 0. The second-order valence-corrected chi connectivity index (χ2v) is 8.32. The molecule has 33 heavy (non-hydrogen) atoms. The highest BCUT2D eigenvalue weighted by Gasteiger charge is 2.38. The quantitative estimate of drug-likeness (QED) is 0.594. The molecule has 0 aliphatic carbocycles. The average molecular weight is 447 g/mol. The number of anilines is 2. The molecule has 2 amide bonds. The van der Waals surface area contributed by atoms with E-state index >= 15 is 0 Å². The van der Waals surface area contributed by atoms with Gasteiger partial charge in [-0.1, -0.05) is 30.3 Å². The summed E-state index contributed by atoms with van der Waals surface area (Å²) in [6, 6.07) is 13.4. The van der Waals surface area contributed by atoms with Crippen molar-refractivity contribution in [2.24, 2.45) is 5.92 Å². The van der Waals surface area contributed by atoms with E-state index in [1.165, 1.54) is 0 Å². The van der Waals surface area contributed by atoms with E-state index < -0.39 is 0 Å². The van der Waals surface area contributed by atoms with Crippen molar-refractivity contribution in [2.45, 2.75) is 19.8 Å². The lowest BCUT2D eigenvalue weighted by atomic mass is 10.1. The van der Waals surface area contributed by atoms with Crippen molar-refractivity contribution in [3.63, 3.8) is 0 Å². The van der Waals surface area contributed by atoms with Gasteiger partial charge in [0.15, 0.2) is 0 Å². The van der Waals surface area contributed by atoms with Crippen LogP contribution in [0.15, 0.2) is 53.2 Å². The Labute approximate surface area is 192 Å². The summed E-state index contributed by atoms with van der Waals surface area (Å²) in [4.78, 5) is 40.2. The molecule has 9 nitrogen and oxygen atoms in total. The van der Waals surface area contributed by atoms with Crippen LogP contribution in [-0.2, 0) is 16.0 Å². The number of benzene rings is 1. The van der Waals surface area contributed by atoms with Gasteiger partial charge in [0.2, 0.25) is 23.5 Å². The molecular weight excluding hydrogens is 420 g/mol. The van der Waals surface area contributed by atoms with Gasteiger partial charge in [-0.2, -0.15) is 4.98 Å². The van der Waals surface area contributed by atoms with Crippen LogP contribution in [0.3, 0.4) is 0 Å². The van der Waals surface area contributed by atoms with Gasteiger partial charge in [0, 0.05) is 63.0 Å². The number of nitrogens with zero attached hydrogens (tertiary/aromatic N) is 6. The standard InChI is InChI=1S/C24H26N6O3/c1-2-21-26-23(27-33-21)17-8-9-20(25-15-17)28-10-12-29(13-11-28)24(32)18-14-22(31)30(16-18)19-6-4-3-5-7-19/h3-9,15,18H,2,10-14,16H2,1H3. The van der Waals surface area contributed by atoms with Crippen LogP contribution in [0.2, 0.25) is 0 Å². The maximum absolute atomic E-state index is 13.1. The molecular formula is C24H26N6O3. The number of hydrogen-bond acceptors (Lipinski definition) is 7. The Balaban J connectivity index is 1.17. The maximum Gasteiger partial charge on any atom is 0.228 e. The maximum atomic E-state index is 13.1. The van der Waals surface area contributed by atoms with E-state index in [9.17, 15) is 9.59 Å².